The largest absolute Gasteiger partial charge is 0.494 e. The van der Waals surface area contributed by atoms with Crippen LogP contribution < -0.4 is 16.0 Å². The lowest BCUT2D eigenvalue weighted by Crippen LogP contribution is -2.19. The Bertz CT molecular complexity index is 856. The highest BCUT2D eigenvalue weighted by molar-refractivity contribution is 7.16. The maximum Gasteiger partial charge on any atom is 0.302 e. The lowest BCUT2D eigenvalue weighted by Gasteiger charge is -2.05. The average molecular weight is 331 g/mol. The normalized spacial score (nSPS) is 11.0. The summed E-state index contributed by atoms with van der Waals surface area (Å²) in [7, 11) is 0. The summed E-state index contributed by atoms with van der Waals surface area (Å²) < 4.78 is 6.83. The second-order valence-electron chi connectivity index (χ2n) is 4.96. The van der Waals surface area contributed by atoms with E-state index in [1.54, 1.807) is 12.1 Å². The van der Waals surface area contributed by atoms with Crippen LogP contribution in [0.15, 0.2) is 29.1 Å². The Balaban J connectivity index is 1.96. The van der Waals surface area contributed by atoms with Gasteiger partial charge in [0.05, 0.1) is 6.61 Å². The molecule has 0 radical (unpaired) electrons. The zero-order valence-corrected chi connectivity index (χ0v) is 13.5. The standard InChI is InChI=1S/C15H17N5O2S/c1-2-9-22-11-5-3-10(4-6-11)13-14(21)20-15(18-17-13)23-12(19-20)7-8-16/h3-6H,2,7-9,16H2,1H3. The first-order chi connectivity index (χ1) is 11.2. The Kier molecular flexibility index (Phi) is 4.63. The van der Waals surface area contributed by atoms with Crippen molar-refractivity contribution in [3.63, 3.8) is 0 Å². The second-order valence-corrected chi connectivity index (χ2v) is 6.00. The number of aromatic nitrogens is 4. The molecule has 8 heteroatoms. The maximum atomic E-state index is 12.5. The van der Waals surface area contributed by atoms with E-state index in [9.17, 15) is 4.79 Å². The SMILES string of the molecule is CCCOc1ccc(-c2nnc3sc(CCN)nn3c2=O)cc1. The third-order valence-electron chi connectivity index (χ3n) is 3.19. The summed E-state index contributed by atoms with van der Waals surface area (Å²) in [5.41, 5.74) is 6.20. The van der Waals surface area contributed by atoms with Crippen LogP contribution in [-0.4, -0.2) is 33.0 Å². The molecule has 2 N–H and O–H groups in total. The molecule has 0 amide bonds. The van der Waals surface area contributed by atoms with E-state index in [4.69, 9.17) is 10.5 Å². The van der Waals surface area contributed by atoms with Gasteiger partial charge in [-0.1, -0.05) is 18.3 Å². The van der Waals surface area contributed by atoms with Crippen molar-refractivity contribution in [1.29, 1.82) is 0 Å². The molecule has 0 aliphatic carbocycles. The monoisotopic (exact) mass is 331 g/mol. The molecule has 1 aromatic carbocycles. The van der Waals surface area contributed by atoms with Crippen LogP contribution in [0.2, 0.25) is 0 Å². The molecule has 0 fully saturated rings. The van der Waals surface area contributed by atoms with E-state index >= 15 is 0 Å². The third kappa shape index (κ3) is 3.22. The minimum Gasteiger partial charge on any atom is -0.494 e. The van der Waals surface area contributed by atoms with Gasteiger partial charge in [-0.2, -0.15) is 9.61 Å². The van der Waals surface area contributed by atoms with Gasteiger partial charge in [-0.15, -0.1) is 10.2 Å². The Morgan fingerprint density at radius 2 is 2.04 bits per heavy atom. The summed E-state index contributed by atoms with van der Waals surface area (Å²) in [6.45, 7) is 3.19. The van der Waals surface area contributed by atoms with Crippen molar-refractivity contribution >= 4 is 16.3 Å². The molecular formula is C15H17N5O2S. The lowest BCUT2D eigenvalue weighted by molar-refractivity contribution is 0.317. The Morgan fingerprint density at radius 1 is 1.26 bits per heavy atom. The minimum absolute atomic E-state index is 0.272. The third-order valence-corrected chi connectivity index (χ3v) is 4.15. The molecule has 0 unspecified atom stereocenters. The molecule has 0 saturated heterocycles. The predicted octanol–water partition coefficient (Wildman–Crippen LogP) is 1.50. The number of nitrogens with zero attached hydrogens (tertiary/aromatic N) is 4. The summed E-state index contributed by atoms with van der Waals surface area (Å²) >= 11 is 1.33. The van der Waals surface area contributed by atoms with Crippen molar-refractivity contribution in [2.24, 2.45) is 5.73 Å². The molecule has 0 bridgehead atoms. The van der Waals surface area contributed by atoms with Crippen molar-refractivity contribution in [2.45, 2.75) is 19.8 Å². The van der Waals surface area contributed by atoms with Crippen LogP contribution in [0, 0.1) is 0 Å². The van der Waals surface area contributed by atoms with E-state index in [1.165, 1.54) is 15.9 Å². The summed E-state index contributed by atoms with van der Waals surface area (Å²) in [6.07, 6.45) is 1.56. The molecule has 2 heterocycles. The summed E-state index contributed by atoms with van der Waals surface area (Å²) in [5.74, 6) is 0.767. The topological polar surface area (TPSA) is 95.4 Å². The van der Waals surface area contributed by atoms with Crippen molar-refractivity contribution in [2.75, 3.05) is 13.2 Å². The lowest BCUT2D eigenvalue weighted by atomic mass is 10.1. The first-order valence-corrected chi connectivity index (χ1v) is 8.23. The number of fused-ring (bicyclic) bond motifs is 1. The fourth-order valence-electron chi connectivity index (χ4n) is 2.09. The molecular weight excluding hydrogens is 314 g/mol. The van der Waals surface area contributed by atoms with Crippen LogP contribution in [0.3, 0.4) is 0 Å². The molecule has 0 spiro atoms. The smallest absolute Gasteiger partial charge is 0.302 e. The quantitative estimate of drug-likeness (QED) is 0.735. The number of hydrogen-bond donors (Lipinski definition) is 1. The van der Waals surface area contributed by atoms with Gasteiger partial charge in [-0.25, -0.2) is 0 Å². The van der Waals surface area contributed by atoms with Crippen molar-refractivity contribution in [3.8, 4) is 17.0 Å². The fraction of sp³-hybridized carbons (Fsp3) is 0.333. The molecule has 0 atom stereocenters. The Morgan fingerprint density at radius 3 is 2.74 bits per heavy atom. The van der Waals surface area contributed by atoms with Crippen LogP contribution in [0.4, 0.5) is 0 Å². The highest BCUT2D eigenvalue weighted by atomic mass is 32.1. The van der Waals surface area contributed by atoms with E-state index in [0.29, 0.717) is 30.1 Å². The first-order valence-electron chi connectivity index (χ1n) is 7.41. The van der Waals surface area contributed by atoms with Gasteiger partial charge in [0, 0.05) is 12.0 Å². The maximum absolute atomic E-state index is 12.5. The average Bonchev–Trinajstić information content (AvgIpc) is 2.98. The summed E-state index contributed by atoms with van der Waals surface area (Å²) in [6, 6.07) is 7.25. The van der Waals surface area contributed by atoms with Crippen molar-refractivity contribution < 1.29 is 4.74 Å². The van der Waals surface area contributed by atoms with E-state index in [0.717, 1.165) is 17.2 Å². The van der Waals surface area contributed by atoms with Gasteiger partial charge in [0.15, 0.2) is 5.69 Å². The number of rotatable bonds is 6. The zero-order chi connectivity index (χ0) is 16.2. The van der Waals surface area contributed by atoms with Gasteiger partial charge in [-0.3, -0.25) is 4.79 Å². The second kappa shape index (κ2) is 6.84. The molecule has 120 valence electrons. The number of nitrogens with two attached hydrogens (primary N) is 1. The molecule has 2 aromatic heterocycles. The Labute approximate surface area is 136 Å². The summed E-state index contributed by atoms with van der Waals surface area (Å²) in [5, 5.41) is 13.2. The summed E-state index contributed by atoms with van der Waals surface area (Å²) in [4.78, 5) is 13.0. The van der Waals surface area contributed by atoms with Crippen molar-refractivity contribution in [3.05, 3.63) is 39.6 Å². The van der Waals surface area contributed by atoms with E-state index < -0.39 is 0 Å². The van der Waals surface area contributed by atoms with Gasteiger partial charge in [0.2, 0.25) is 4.96 Å². The molecule has 23 heavy (non-hydrogen) atoms. The zero-order valence-electron chi connectivity index (χ0n) is 12.7. The first kappa shape index (κ1) is 15.6. The molecule has 0 saturated carbocycles. The van der Waals surface area contributed by atoms with Crippen LogP contribution in [0.25, 0.3) is 16.2 Å². The van der Waals surface area contributed by atoms with Crippen LogP contribution >= 0.6 is 11.3 Å². The van der Waals surface area contributed by atoms with Gasteiger partial charge in [0.1, 0.15) is 10.8 Å². The van der Waals surface area contributed by atoms with Crippen LogP contribution in [0.1, 0.15) is 18.4 Å². The Hall–Kier alpha value is -2.32. The van der Waals surface area contributed by atoms with E-state index in [1.807, 2.05) is 19.1 Å². The van der Waals surface area contributed by atoms with Gasteiger partial charge >= 0.3 is 5.56 Å². The number of hydrogen-bond acceptors (Lipinski definition) is 7. The molecule has 0 aliphatic heterocycles. The molecule has 0 aliphatic rings. The highest BCUT2D eigenvalue weighted by Crippen LogP contribution is 2.19. The number of ether oxygens (including phenoxy) is 1. The van der Waals surface area contributed by atoms with Gasteiger partial charge in [-0.05, 0) is 37.2 Å². The molecule has 3 aromatic rings. The minimum atomic E-state index is -0.281. The van der Waals surface area contributed by atoms with Crippen LogP contribution in [-0.2, 0) is 6.42 Å². The molecule has 3 rings (SSSR count). The van der Waals surface area contributed by atoms with Crippen LogP contribution in [0.5, 0.6) is 5.75 Å². The molecule has 7 nitrogen and oxygen atoms in total. The fourth-order valence-corrected chi connectivity index (χ4v) is 2.93. The predicted molar refractivity (Wildman–Crippen MR) is 88.9 cm³/mol. The van der Waals surface area contributed by atoms with Crippen molar-refractivity contribution in [1.82, 2.24) is 19.8 Å². The van der Waals surface area contributed by atoms with Gasteiger partial charge in [0.25, 0.3) is 0 Å². The highest BCUT2D eigenvalue weighted by Gasteiger charge is 2.13. The van der Waals surface area contributed by atoms with E-state index in [-0.39, 0.29) is 11.3 Å². The van der Waals surface area contributed by atoms with Gasteiger partial charge < -0.3 is 10.5 Å². The van der Waals surface area contributed by atoms with E-state index in [2.05, 4.69) is 15.3 Å². The number of benzene rings is 1.